The van der Waals surface area contributed by atoms with Crippen molar-refractivity contribution in [2.24, 2.45) is 0 Å². The van der Waals surface area contributed by atoms with E-state index in [1.807, 2.05) is 18.2 Å². The summed E-state index contributed by atoms with van der Waals surface area (Å²) in [4.78, 5) is 2.31. The lowest BCUT2D eigenvalue weighted by Gasteiger charge is -2.22. The Kier molecular flexibility index (Phi) is 6.63. The van der Waals surface area contributed by atoms with Crippen LogP contribution in [0.4, 0.5) is 0 Å². The predicted molar refractivity (Wildman–Crippen MR) is 95.5 cm³/mol. The summed E-state index contributed by atoms with van der Waals surface area (Å²) in [6.45, 7) is 10.2. The molecule has 0 saturated carbocycles. The molecule has 0 saturated heterocycles. The first kappa shape index (κ1) is 17.5. The van der Waals surface area contributed by atoms with E-state index in [0.29, 0.717) is 6.54 Å². The summed E-state index contributed by atoms with van der Waals surface area (Å²) in [6, 6.07) is 5.27. The first-order valence-corrected chi connectivity index (χ1v) is 8.29. The quantitative estimate of drug-likeness (QED) is 0.595. The van der Waals surface area contributed by atoms with Gasteiger partial charge in [-0.25, -0.2) is 0 Å². The summed E-state index contributed by atoms with van der Waals surface area (Å²) in [6.07, 6.45) is 9.27. The molecule has 2 N–H and O–H groups in total. The number of nitrogens with zero attached hydrogens (tertiary/aromatic N) is 1. The zero-order valence-electron chi connectivity index (χ0n) is 13.7. The predicted octanol–water partition coefficient (Wildman–Crippen LogP) is 3.75. The van der Waals surface area contributed by atoms with E-state index >= 15 is 0 Å². The third-order valence-corrected chi connectivity index (χ3v) is 4.30. The van der Waals surface area contributed by atoms with Crippen LogP contribution in [-0.2, 0) is 6.42 Å². The average Bonchev–Trinajstić information content (AvgIpc) is 2.68. The molecule has 0 bridgehead atoms. The number of phenolic OH excluding ortho intramolecular Hbond substituents is 1. The van der Waals surface area contributed by atoms with E-state index in [0.717, 1.165) is 55.5 Å². The number of β-amino-alcohol motifs (C(OH)–C–C–N with tert-alkyl or cyclic N) is 1. The third kappa shape index (κ3) is 5.38. The van der Waals surface area contributed by atoms with Crippen molar-refractivity contribution in [3.8, 4) is 5.75 Å². The van der Waals surface area contributed by atoms with Crippen LogP contribution < -0.4 is 0 Å². The molecular formula is C20H27NO2. The van der Waals surface area contributed by atoms with E-state index in [1.165, 1.54) is 0 Å². The van der Waals surface area contributed by atoms with E-state index < -0.39 is 6.10 Å². The van der Waals surface area contributed by atoms with Gasteiger partial charge in [0, 0.05) is 13.1 Å². The fourth-order valence-corrected chi connectivity index (χ4v) is 3.02. The molecule has 0 amide bonds. The smallest absolute Gasteiger partial charge is 0.115 e. The summed E-state index contributed by atoms with van der Waals surface area (Å²) in [5.41, 5.74) is 3.14. The molecule has 1 aromatic carbocycles. The van der Waals surface area contributed by atoms with Crippen LogP contribution in [-0.4, -0.2) is 34.7 Å². The molecule has 0 aliphatic carbocycles. The molecule has 1 aromatic rings. The van der Waals surface area contributed by atoms with Gasteiger partial charge in [0.2, 0.25) is 0 Å². The fourth-order valence-electron chi connectivity index (χ4n) is 3.02. The van der Waals surface area contributed by atoms with Crippen LogP contribution in [0, 0.1) is 0 Å². The van der Waals surface area contributed by atoms with Gasteiger partial charge in [0.15, 0.2) is 0 Å². The van der Waals surface area contributed by atoms with Gasteiger partial charge in [-0.15, -0.1) is 0 Å². The van der Waals surface area contributed by atoms with Crippen LogP contribution in [0.5, 0.6) is 5.75 Å². The molecule has 0 radical (unpaired) electrons. The second-order valence-corrected chi connectivity index (χ2v) is 6.16. The Bertz CT molecular complexity index is 577. The summed E-state index contributed by atoms with van der Waals surface area (Å²) in [5, 5.41) is 20.0. The van der Waals surface area contributed by atoms with Crippen molar-refractivity contribution in [1.29, 1.82) is 0 Å². The second-order valence-electron chi connectivity index (χ2n) is 6.16. The number of benzene rings is 1. The van der Waals surface area contributed by atoms with Crippen molar-refractivity contribution in [3.05, 3.63) is 66.3 Å². The Labute approximate surface area is 139 Å². The number of unbranched alkanes of at least 4 members (excludes halogenated alkanes) is 1. The lowest BCUT2D eigenvalue weighted by molar-refractivity contribution is 0.119. The van der Waals surface area contributed by atoms with Gasteiger partial charge in [-0.05, 0) is 55.5 Å². The van der Waals surface area contributed by atoms with E-state index in [1.54, 1.807) is 18.2 Å². The van der Waals surface area contributed by atoms with Crippen molar-refractivity contribution in [2.45, 2.75) is 31.8 Å². The largest absolute Gasteiger partial charge is 0.508 e. The molecule has 0 aromatic heterocycles. The highest BCUT2D eigenvalue weighted by Gasteiger charge is 2.21. The van der Waals surface area contributed by atoms with Crippen LogP contribution in [0.15, 0.2) is 55.2 Å². The van der Waals surface area contributed by atoms with Gasteiger partial charge in [0.25, 0.3) is 0 Å². The van der Waals surface area contributed by atoms with E-state index in [4.69, 9.17) is 0 Å². The van der Waals surface area contributed by atoms with Crippen molar-refractivity contribution in [1.82, 2.24) is 4.90 Å². The summed E-state index contributed by atoms with van der Waals surface area (Å²) >= 11 is 0. The molecular weight excluding hydrogens is 286 g/mol. The van der Waals surface area contributed by atoms with E-state index in [-0.39, 0.29) is 5.75 Å². The highest BCUT2D eigenvalue weighted by molar-refractivity contribution is 5.37. The molecule has 1 aliphatic rings. The van der Waals surface area contributed by atoms with Gasteiger partial charge in [0.05, 0.1) is 6.10 Å². The highest BCUT2D eigenvalue weighted by atomic mass is 16.3. The maximum absolute atomic E-state index is 10.4. The maximum atomic E-state index is 10.4. The van der Waals surface area contributed by atoms with E-state index in [9.17, 15) is 10.2 Å². The molecule has 2 rings (SSSR count). The number of aliphatic hydroxyl groups excluding tert-OH is 1. The Morgan fingerprint density at radius 2 is 2.17 bits per heavy atom. The molecule has 1 atom stereocenters. The SMILES string of the molecule is C=C/C=C\C(=C)CCCCN1CCc2cc(O)ccc2C(O)C1. The molecule has 124 valence electrons. The molecule has 3 nitrogen and oxygen atoms in total. The summed E-state index contributed by atoms with van der Waals surface area (Å²) in [7, 11) is 0. The second kappa shape index (κ2) is 8.70. The third-order valence-electron chi connectivity index (χ3n) is 4.30. The lowest BCUT2D eigenvalue weighted by atomic mass is 10.0. The Hall–Kier alpha value is -1.84. The number of allylic oxidation sites excluding steroid dienone is 4. The first-order valence-electron chi connectivity index (χ1n) is 8.29. The number of hydrogen-bond acceptors (Lipinski definition) is 3. The van der Waals surface area contributed by atoms with Crippen LogP contribution in [0.1, 0.15) is 36.5 Å². The number of phenols is 1. The number of hydrogen-bond donors (Lipinski definition) is 2. The average molecular weight is 313 g/mol. The van der Waals surface area contributed by atoms with Crippen molar-refractivity contribution >= 4 is 0 Å². The molecule has 1 aliphatic heterocycles. The molecule has 0 fully saturated rings. The molecule has 1 heterocycles. The lowest BCUT2D eigenvalue weighted by Crippen LogP contribution is -2.29. The van der Waals surface area contributed by atoms with Crippen molar-refractivity contribution in [3.63, 3.8) is 0 Å². The van der Waals surface area contributed by atoms with Gasteiger partial charge >= 0.3 is 0 Å². The van der Waals surface area contributed by atoms with Crippen LogP contribution in [0.25, 0.3) is 0 Å². The number of aromatic hydroxyl groups is 1. The topological polar surface area (TPSA) is 43.7 Å². The molecule has 3 heteroatoms. The minimum absolute atomic E-state index is 0.274. The minimum Gasteiger partial charge on any atom is -0.508 e. The Morgan fingerprint density at radius 3 is 2.96 bits per heavy atom. The van der Waals surface area contributed by atoms with Gasteiger partial charge < -0.3 is 15.1 Å². The zero-order chi connectivity index (χ0) is 16.7. The number of rotatable bonds is 7. The van der Waals surface area contributed by atoms with Crippen molar-refractivity contribution in [2.75, 3.05) is 19.6 Å². The van der Waals surface area contributed by atoms with Crippen molar-refractivity contribution < 1.29 is 10.2 Å². The highest BCUT2D eigenvalue weighted by Crippen LogP contribution is 2.27. The van der Waals surface area contributed by atoms with Gasteiger partial charge in [-0.3, -0.25) is 0 Å². The monoisotopic (exact) mass is 313 g/mol. The maximum Gasteiger partial charge on any atom is 0.115 e. The molecule has 1 unspecified atom stereocenters. The standard InChI is InChI=1S/C20H27NO2/c1-3-4-7-16(2)8-5-6-12-21-13-11-17-14-18(22)9-10-19(17)20(23)15-21/h3-4,7,9-10,14,20,22-23H,1-2,5-6,8,11-13,15H2/b7-4-. The first-order chi connectivity index (χ1) is 11.1. The summed E-state index contributed by atoms with van der Waals surface area (Å²) < 4.78 is 0. The Morgan fingerprint density at radius 1 is 1.35 bits per heavy atom. The van der Waals surface area contributed by atoms with Crippen LogP contribution in [0.2, 0.25) is 0 Å². The zero-order valence-corrected chi connectivity index (χ0v) is 13.7. The van der Waals surface area contributed by atoms with Gasteiger partial charge in [-0.2, -0.15) is 0 Å². The normalized spacial score (nSPS) is 18.6. The minimum atomic E-state index is -0.474. The van der Waals surface area contributed by atoms with E-state index in [2.05, 4.69) is 18.1 Å². The van der Waals surface area contributed by atoms with Gasteiger partial charge in [-0.1, -0.05) is 43.0 Å². The fraction of sp³-hybridized carbons (Fsp3) is 0.400. The number of aliphatic hydroxyl groups is 1. The van der Waals surface area contributed by atoms with Crippen LogP contribution in [0.3, 0.4) is 0 Å². The number of fused-ring (bicyclic) bond motifs is 1. The molecule has 0 spiro atoms. The molecule has 23 heavy (non-hydrogen) atoms. The van der Waals surface area contributed by atoms with Gasteiger partial charge in [0.1, 0.15) is 5.75 Å². The Balaban J connectivity index is 1.79. The van der Waals surface area contributed by atoms with Crippen LogP contribution >= 0.6 is 0 Å². The summed E-state index contributed by atoms with van der Waals surface area (Å²) in [5.74, 6) is 0.274.